The highest BCUT2D eigenvalue weighted by molar-refractivity contribution is 5.76. The van der Waals surface area contributed by atoms with Crippen LogP contribution in [0.25, 0.3) is 0 Å². The van der Waals surface area contributed by atoms with Crippen LogP contribution < -0.4 is 0 Å². The van der Waals surface area contributed by atoms with Crippen LogP contribution in [0.2, 0.25) is 0 Å². The summed E-state index contributed by atoms with van der Waals surface area (Å²) in [5.41, 5.74) is 1.54. The molecule has 0 radical (unpaired) electrons. The molecule has 0 spiro atoms. The summed E-state index contributed by atoms with van der Waals surface area (Å²) in [7, 11) is 7.54. The number of allylic oxidation sites excluding steroid dienone is 10. The standard InChI is InChI=1S/C28H52N2O3.C15H28O3.C12H22O3.C6H14/c1-7-9-10-11-14-18-26(8-2)19-15-12-13-16-20-28(31)30(22-17-21-29(3)4)23-27(24-32-5)25-33-6;1-3-5-6-7-8-9-14-18-15(11-10-12-16)17-13-4-2;1-2-3-4-5-6-7-11-15-12(14)9-8-10-13;1-3-5-6-4-2/h9-10,12-13,19,27H,7-8,11,14-18,20-25H2,1-6H3;5-6,12,15H,3-4,7-11,13-14H2,1-2H3;3-4,10,12,14H,2,5-9,11H2,1H3;3-6H2,1-2H3/b10-9-,13-12-,26-19+;6-5-;4-3-;. The van der Waals surface area contributed by atoms with Crippen molar-refractivity contribution in [2.24, 2.45) is 5.92 Å². The van der Waals surface area contributed by atoms with Crippen molar-refractivity contribution in [3.8, 4) is 0 Å². The molecular weight excluding hydrogens is 905 g/mol. The van der Waals surface area contributed by atoms with E-state index < -0.39 is 6.29 Å². The molecule has 0 rings (SSSR count). The number of aldehydes is 2. The quantitative estimate of drug-likeness (QED) is 0.0273. The maximum absolute atomic E-state index is 12.9. The Labute approximate surface area is 445 Å². The minimum Gasteiger partial charge on any atom is -0.384 e. The molecule has 0 aliphatic heterocycles. The molecule has 11 nitrogen and oxygen atoms in total. The Morgan fingerprint density at radius 1 is 0.542 bits per heavy atom. The molecule has 1 amide bonds. The smallest absolute Gasteiger partial charge is 0.222 e. The number of amides is 1. The fourth-order valence-corrected chi connectivity index (χ4v) is 6.99. The summed E-state index contributed by atoms with van der Waals surface area (Å²) in [5.74, 6) is 0.425. The van der Waals surface area contributed by atoms with Gasteiger partial charge in [0, 0.05) is 85.2 Å². The van der Waals surface area contributed by atoms with Gasteiger partial charge >= 0.3 is 0 Å². The van der Waals surface area contributed by atoms with E-state index in [0.29, 0.717) is 71.7 Å². The number of methoxy groups -OCH3 is 2. The number of unbranched alkanes of at least 4 members (excludes halogenated alkanes) is 8. The predicted octanol–water partition coefficient (Wildman–Crippen LogP) is 14.8. The number of aliphatic hydroxyl groups is 1. The molecule has 0 aromatic carbocycles. The maximum atomic E-state index is 12.9. The number of rotatable bonds is 47. The summed E-state index contributed by atoms with van der Waals surface area (Å²) >= 11 is 0. The number of hydrogen-bond donors (Lipinski definition) is 1. The van der Waals surface area contributed by atoms with E-state index in [9.17, 15) is 19.5 Å². The van der Waals surface area contributed by atoms with Gasteiger partial charge in [-0.25, -0.2) is 0 Å². The van der Waals surface area contributed by atoms with Crippen molar-refractivity contribution in [3.05, 3.63) is 60.3 Å². The van der Waals surface area contributed by atoms with E-state index in [2.05, 4.69) is 122 Å². The van der Waals surface area contributed by atoms with Gasteiger partial charge in [-0.15, -0.1) is 0 Å². The van der Waals surface area contributed by atoms with Crippen LogP contribution in [0.3, 0.4) is 0 Å². The van der Waals surface area contributed by atoms with Gasteiger partial charge in [-0.3, -0.25) is 4.79 Å². The lowest BCUT2D eigenvalue weighted by Gasteiger charge is -2.28. The van der Waals surface area contributed by atoms with Gasteiger partial charge in [-0.2, -0.15) is 0 Å². The van der Waals surface area contributed by atoms with Gasteiger partial charge in [0.05, 0.1) is 13.2 Å². The molecule has 72 heavy (non-hydrogen) atoms. The minimum atomic E-state index is -0.776. The summed E-state index contributed by atoms with van der Waals surface area (Å²) in [6, 6.07) is 0. The monoisotopic (exact) mass is 1020 g/mol. The second-order valence-electron chi connectivity index (χ2n) is 18.4. The molecule has 0 saturated carbocycles. The van der Waals surface area contributed by atoms with E-state index in [1.165, 1.54) is 50.5 Å². The average Bonchev–Trinajstić information content (AvgIpc) is 3.37. The molecule has 0 fully saturated rings. The summed E-state index contributed by atoms with van der Waals surface area (Å²) in [6.45, 7) is 20.8. The summed E-state index contributed by atoms with van der Waals surface area (Å²) in [4.78, 5) is 37.4. The van der Waals surface area contributed by atoms with Crippen molar-refractivity contribution in [2.45, 2.75) is 228 Å². The minimum absolute atomic E-state index is 0.203. The van der Waals surface area contributed by atoms with Crippen LogP contribution in [0.4, 0.5) is 0 Å². The number of aliphatic hydroxyl groups excluding tert-OH is 1. The van der Waals surface area contributed by atoms with Gasteiger partial charge < -0.3 is 48.2 Å². The highest BCUT2D eigenvalue weighted by Crippen LogP contribution is 2.14. The van der Waals surface area contributed by atoms with Crippen molar-refractivity contribution in [3.63, 3.8) is 0 Å². The van der Waals surface area contributed by atoms with Crippen LogP contribution in [0.5, 0.6) is 0 Å². The van der Waals surface area contributed by atoms with Gasteiger partial charge in [0.2, 0.25) is 5.91 Å². The molecule has 0 bridgehead atoms. The van der Waals surface area contributed by atoms with Crippen LogP contribution in [-0.4, -0.2) is 127 Å². The SMILES string of the molecule is CC/C=C\CCC/C(=C/C/C=C\CCC(=O)N(CCCN(C)C)CC(COC)COC)CC.CC/C=C\CCCCOC(CCC=O)OCCC.CC/C=C\CCCCOC(O)CCC=O.CCCCCC. The third kappa shape index (κ3) is 63.3. The first-order chi connectivity index (χ1) is 35.0. The molecule has 2 unspecified atom stereocenters. The molecule has 0 heterocycles. The Morgan fingerprint density at radius 3 is 1.57 bits per heavy atom. The Bertz CT molecular complexity index is 1240. The van der Waals surface area contributed by atoms with Gasteiger partial charge in [-0.05, 0) is 130 Å². The van der Waals surface area contributed by atoms with Gasteiger partial charge in [0.25, 0.3) is 0 Å². The lowest BCUT2D eigenvalue weighted by molar-refractivity contribution is -0.148. The molecule has 0 aliphatic rings. The highest BCUT2D eigenvalue weighted by atomic mass is 16.7. The molecule has 0 aromatic rings. The molecule has 2 atom stereocenters. The lowest BCUT2D eigenvalue weighted by Crippen LogP contribution is -2.39. The van der Waals surface area contributed by atoms with Crippen molar-refractivity contribution < 1.29 is 43.2 Å². The van der Waals surface area contributed by atoms with Crippen molar-refractivity contribution >= 4 is 18.5 Å². The van der Waals surface area contributed by atoms with Gasteiger partial charge in [-0.1, -0.05) is 134 Å². The molecule has 0 aromatic heterocycles. The number of ether oxygens (including phenoxy) is 5. The third-order valence-electron chi connectivity index (χ3n) is 11.1. The lowest BCUT2D eigenvalue weighted by atomic mass is 10.0. The second kappa shape index (κ2) is 66.2. The van der Waals surface area contributed by atoms with Crippen LogP contribution in [0.1, 0.15) is 215 Å². The first-order valence-electron chi connectivity index (χ1n) is 28.6. The molecule has 0 aliphatic carbocycles. The number of nitrogens with zero attached hydrogens (tertiary/aromatic N) is 2. The van der Waals surface area contributed by atoms with E-state index in [4.69, 9.17) is 23.7 Å². The van der Waals surface area contributed by atoms with Crippen molar-refractivity contribution in [1.29, 1.82) is 0 Å². The van der Waals surface area contributed by atoms with Crippen molar-refractivity contribution in [2.75, 3.05) is 81.0 Å². The largest absolute Gasteiger partial charge is 0.384 e. The number of hydrogen-bond acceptors (Lipinski definition) is 10. The Morgan fingerprint density at radius 2 is 1.07 bits per heavy atom. The summed E-state index contributed by atoms with van der Waals surface area (Å²) in [6.07, 6.45) is 46.9. The van der Waals surface area contributed by atoms with E-state index in [-0.39, 0.29) is 18.1 Å². The van der Waals surface area contributed by atoms with Gasteiger partial charge in [0.1, 0.15) is 12.6 Å². The van der Waals surface area contributed by atoms with E-state index in [1.54, 1.807) is 14.2 Å². The molecule has 1 N–H and O–H groups in total. The first kappa shape index (κ1) is 75.7. The second-order valence-corrected chi connectivity index (χ2v) is 18.4. The van der Waals surface area contributed by atoms with Crippen LogP contribution in [-0.2, 0) is 38.1 Å². The van der Waals surface area contributed by atoms with E-state index >= 15 is 0 Å². The first-order valence-corrected chi connectivity index (χ1v) is 28.6. The number of carbonyl (C=O) groups excluding carboxylic acids is 3. The van der Waals surface area contributed by atoms with Crippen LogP contribution in [0.15, 0.2) is 60.3 Å². The molecular formula is C61H116N2O9. The fourth-order valence-electron chi connectivity index (χ4n) is 6.99. The topological polar surface area (TPSA) is 124 Å². The van der Waals surface area contributed by atoms with E-state index in [0.717, 1.165) is 116 Å². The van der Waals surface area contributed by atoms with Crippen molar-refractivity contribution in [1.82, 2.24) is 9.80 Å². The summed E-state index contributed by atoms with van der Waals surface area (Å²) < 4.78 is 27.0. The molecule has 0 saturated heterocycles. The molecule has 424 valence electrons. The van der Waals surface area contributed by atoms with Gasteiger partial charge in [0.15, 0.2) is 12.6 Å². The third-order valence-corrected chi connectivity index (χ3v) is 11.1. The maximum Gasteiger partial charge on any atom is 0.222 e. The molecule has 11 heteroatoms. The fraction of sp³-hybridized carbons (Fsp3) is 0.787. The number of carbonyl (C=O) groups is 3. The zero-order chi connectivity index (χ0) is 54.4. The average molecular weight is 1020 g/mol. The normalized spacial score (nSPS) is 12.6. The Hall–Kier alpha value is -2.77. The zero-order valence-corrected chi connectivity index (χ0v) is 48.7. The summed E-state index contributed by atoms with van der Waals surface area (Å²) in [5, 5.41) is 9.23. The van der Waals surface area contributed by atoms with E-state index in [1.807, 2.05) is 4.90 Å². The predicted molar refractivity (Wildman–Crippen MR) is 307 cm³/mol. The zero-order valence-electron chi connectivity index (χ0n) is 48.7. The van der Waals surface area contributed by atoms with Crippen LogP contribution >= 0.6 is 0 Å². The Balaban J connectivity index is -0.000000495. The Kier molecular flexibility index (Phi) is 69.7. The van der Waals surface area contributed by atoms with Crippen LogP contribution in [0, 0.1) is 5.92 Å². The highest BCUT2D eigenvalue weighted by Gasteiger charge is 2.19.